The van der Waals surface area contributed by atoms with Crippen LogP contribution < -0.4 is 0 Å². The lowest BCUT2D eigenvalue weighted by Gasteiger charge is -2.35. The molecular weight excluding hydrogens is 386 g/mol. The van der Waals surface area contributed by atoms with Gasteiger partial charge in [0.1, 0.15) is 10.6 Å². The molecule has 0 spiro atoms. The number of hydrogen-bond donors (Lipinski definition) is 0. The number of nitrogens with zero attached hydrogens (tertiary/aromatic N) is 3. The molecule has 1 atom stereocenters. The SMILES string of the molecule is Cc1noc(C)c1S(=O)(=O)N1CCN(C(=O)C(C)Sc2ccccc2)CC1. The van der Waals surface area contributed by atoms with Gasteiger partial charge in [0.25, 0.3) is 0 Å². The van der Waals surface area contributed by atoms with Gasteiger partial charge in [0.2, 0.25) is 15.9 Å². The molecule has 3 rings (SSSR count). The number of carbonyl (C=O) groups is 1. The first kappa shape index (κ1) is 19.9. The number of carbonyl (C=O) groups excluding carboxylic acids is 1. The molecule has 0 aliphatic carbocycles. The summed E-state index contributed by atoms with van der Waals surface area (Å²) >= 11 is 1.51. The summed E-state index contributed by atoms with van der Waals surface area (Å²) in [7, 11) is -3.66. The van der Waals surface area contributed by atoms with Crippen LogP contribution in [0.2, 0.25) is 0 Å². The summed E-state index contributed by atoms with van der Waals surface area (Å²) in [6.45, 7) is 6.37. The van der Waals surface area contributed by atoms with E-state index in [4.69, 9.17) is 4.52 Å². The normalized spacial score (nSPS) is 17.1. The van der Waals surface area contributed by atoms with Crippen molar-refractivity contribution in [1.82, 2.24) is 14.4 Å². The van der Waals surface area contributed by atoms with E-state index in [1.54, 1.807) is 18.7 Å². The largest absolute Gasteiger partial charge is 0.360 e. The zero-order chi connectivity index (χ0) is 19.6. The smallest absolute Gasteiger partial charge is 0.248 e. The molecule has 9 heteroatoms. The van der Waals surface area contributed by atoms with Gasteiger partial charge in [0.15, 0.2) is 5.76 Å². The van der Waals surface area contributed by atoms with Crippen molar-refractivity contribution in [3.8, 4) is 0 Å². The lowest BCUT2D eigenvalue weighted by atomic mass is 10.3. The predicted octanol–water partition coefficient (Wildman–Crippen LogP) is 2.31. The van der Waals surface area contributed by atoms with Crippen molar-refractivity contribution < 1.29 is 17.7 Å². The highest BCUT2D eigenvalue weighted by molar-refractivity contribution is 8.00. The van der Waals surface area contributed by atoms with Crippen molar-refractivity contribution in [3.63, 3.8) is 0 Å². The van der Waals surface area contributed by atoms with Crippen molar-refractivity contribution in [1.29, 1.82) is 0 Å². The second kappa shape index (κ2) is 8.04. The third-order valence-electron chi connectivity index (χ3n) is 4.52. The van der Waals surface area contributed by atoms with Crippen LogP contribution in [0.25, 0.3) is 0 Å². The predicted molar refractivity (Wildman–Crippen MR) is 103 cm³/mol. The highest BCUT2D eigenvalue weighted by atomic mass is 32.2. The Balaban J connectivity index is 1.62. The Bertz CT molecular complexity index is 884. The minimum Gasteiger partial charge on any atom is -0.360 e. The first-order chi connectivity index (χ1) is 12.8. The van der Waals surface area contributed by atoms with Gasteiger partial charge in [-0.3, -0.25) is 4.79 Å². The Hall–Kier alpha value is -1.84. The molecule has 2 heterocycles. The molecule has 2 aromatic rings. The number of aryl methyl sites for hydroxylation is 2. The average Bonchev–Trinajstić information content (AvgIpc) is 3.01. The average molecular weight is 410 g/mol. The van der Waals surface area contributed by atoms with Crippen LogP contribution in [-0.4, -0.2) is 60.1 Å². The van der Waals surface area contributed by atoms with Crippen LogP contribution in [0.5, 0.6) is 0 Å². The van der Waals surface area contributed by atoms with E-state index >= 15 is 0 Å². The van der Waals surface area contributed by atoms with Gasteiger partial charge in [-0.05, 0) is 32.9 Å². The standard InChI is InChI=1S/C18H23N3O4S2/c1-13-17(14(2)25-19-13)27(23,24)21-11-9-20(10-12-21)18(22)15(3)26-16-7-5-4-6-8-16/h4-8,15H,9-12H2,1-3H3. The zero-order valence-corrected chi connectivity index (χ0v) is 17.2. The maximum atomic E-state index is 12.9. The van der Waals surface area contributed by atoms with Crippen LogP contribution in [0, 0.1) is 13.8 Å². The van der Waals surface area contributed by atoms with E-state index in [0.717, 1.165) is 4.90 Å². The Morgan fingerprint density at radius 1 is 1.15 bits per heavy atom. The van der Waals surface area contributed by atoms with Crippen LogP contribution in [0.1, 0.15) is 18.4 Å². The number of benzene rings is 1. The summed E-state index contributed by atoms with van der Waals surface area (Å²) in [5, 5.41) is 3.51. The minimum absolute atomic E-state index is 0.0261. The maximum Gasteiger partial charge on any atom is 0.248 e. The van der Waals surface area contributed by atoms with Gasteiger partial charge in [-0.25, -0.2) is 8.42 Å². The second-order valence-corrected chi connectivity index (χ2v) is 9.74. The summed E-state index contributed by atoms with van der Waals surface area (Å²) in [5.74, 6) is 0.317. The molecule has 1 aliphatic rings. The molecule has 1 saturated heterocycles. The van der Waals surface area contributed by atoms with Gasteiger partial charge in [-0.15, -0.1) is 11.8 Å². The molecule has 1 aromatic heterocycles. The van der Waals surface area contributed by atoms with Gasteiger partial charge in [-0.2, -0.15) is 4.31 Å². The topological polar surface area (TPSA) is 83.7 Å². The fourth-order valence-electron chi connectivity index (χ4n) is 3.13. The van der Waals surface area contributed by atoms with E-state index in [2.05, 4.69) is 5.16 Å². The van der Waals surface area contributed by atoms with Gasteiger partial charge in [0, 0.05) is 31.1 Å². The van der Waals surface area contributed by atoms with E-state index < -0.39 is 10.0 Å². The molecule has 0 N–H and O–H groups in total. The molecule has 146 valence electrons. The third-order valence-corrected chi connectivity index (χ3v) is 7.76. The summed E-state index contributed by atoms with van der Waals surface area (Å²) < 4.78 is 32.1. The molecule has 1 amide bonds. The van der Waals surface area contributed by atoms with Gasteiger partial charge < -0.3 is 9.42 Å². The zero-order valence-electron chi connectivity index (χ0n) is 15.6. The monoisotopic (exact) mass is 409 g/mol. The number of amides is 1. The van der Waals surface area contributed by atoms with Gasteiger partial charge >= 0.3 is 0 Å². The van der Waals surface area contributed by atoms with Crippen molar-refractivity contribution >= 4 is 27.7 Å². The van der Waals surface area contributed by atoms with Crippen LogP contribution >= 0.6 is 11.8 Å². The molecule has 7 nitrogen and oxygen atoms in total. The van der Waals surface area contributed by atoms with Crippen LogP contribution in [0.3, 0.4) is 0 Å². The number of rotatable bonds is 5. The van der Waals surface area contributed by atoms with E-state index in [1.165, 1.54) is 16.1 Å². The second-order valence-electron chi connectivity index (χ2n) is 6.46. The fraction of sp³-hybridized carbons (Fsp3) is 0.444. The maximum absolute atomic E-state index is 12.9. The molecule has 1 aliphatic heterocycles. The number of piperazine rings is 1. The third kappa shape index (κ3) is 4.20. The van der Waals surface area contributed by atoms with Crippen molar-refractivity contribution in [3.05, 3.63) is 41.8 Å². The van der Waals surface area contributed by atoms with E-state index in [0.29, 0.717) is 24.5 Å². The van der Waals surface area contributed by atoms with E-state index in [1.807, 2.05) is 37.3 Å². The lowest BCUT2D eigenvalue weighted by Crippen LogP contribution is -2.52. The summed E-state index contributed by atoms with van der Waals surface area (Å²) in [4.78, 5) is 15.6. The van der Waals surface area contributed by atoms with Crippen molar-refractivity contribution in [2.45, 2.75) is 35.8 Å². The Labute approximate surface area is 163 Å². The molecule has 1 unspecified atom stereocenters. The number of thioether (sulfide) groups is 1. The lowest BCUT2D eigenvalue weighted by molar-refractivity contribution is -0.131. The molecule has 0 saturated carbocycles. The summed E-state index contributed by atoms with van der Waals surface area (Å²) in [6, 6.07) is 9.77. The van der Waals surface area contributed by atoms with E-state index in [9.17, 15) is 13.2 Å². The summed E-state index contributed by atoms with van der Waals surface area (Å²) in [5.41, 5.74) is 0.360. The van der Waals surface area contributed by atoms with Crippen molar-refractivity contribution in [2.24, 2.45) is 0 Å². The Kier molecular flexibility index (Phi) is 5.92. The molecular formula is C18H23N3O4S2. The van der Waals surface area contributed by atoms with Crippen LogP contribution in [-0.2, 0) is 14.8 Å². The first-order valence-corrected chi connectivity index (χ1v) is 11.1. The molecule has 1 fully saturated rings. The number of aromatic nitrogens is 1. The Morgan fingerprint density at radius 2 is 1.78 bits per heavy atom. The molecule has 0 bridgehead atoms. The summed E-state index contributed by atoms with van der Waals surface area (Å²) in [6.07, 6.45) is 0. The highest BCUT2D eigenvalue weighted by Gasteiger charge is 2.35. The Morgan fingerprint density at radius 3 is 2.33 bits per heavy atom. The number of hydrogen-bond acceptors (Lipinski definition) is 6. The highest BCUT2D eigenvalue weighted by Crippen LogP contribution is 2.26. The minimum atomic E-state index is -3.66. The first-order valence-electron chi connectivity index (χ1n) is 8.74. The number of sulfonamides is 1. The molecule has 27 heavy (non-hydrogen) atoms. The van der Waals surface area contributed by atoms with Gasteiger partial charge in [0.05, 0.1) is 5.25 Å². The van der Waals surface area contributed by atoms with E-state index in [-0.39, 0.29) is 29.1 Å². The fourth-order valence-corrected chi connectivity index (χ4v) is 5.82. The van der Waals surface area contributed by atoms with Gasteiger partial charge in [-0.1, -0.05) is 23.4 Å². The molecule has 1 aromatic carbocycles. The van der Waals surface area contributed by atoms with Crippen LogP contribution in [0.4, 0.5) is 0 Å². The quantitative estimate of drug-likeness (QED) is 0.705. The van der Waals surface area contributed by atoms with Crippen molar-refractivity contribution in [2.75, 3.05) is 26.2 Å². The molecule has 0 radical (unpaired) electrons. The van der Waals surface area contributed by atoms with Crippen LogP contribution in [0.15, 0.2) is 44.6 Å².